The van der Waals surface area contributed by atoms with E-state index in [1.54, 1.807) is 12.1 Å². The highest BCUT2D eigenvalue weighted by atomic mass is 16.6. The Hall–Kier alpha value is -1.82. The van der Waals surface area contributed by atoms with E-state index in [1.165, 1.54) is 0 Å². The second-order valence-corrected chi connectivity index (χ2v) is 5.51. The molecule has 1 aliphatic heterocycles. The molecule has 0 bridgehead atoms. The number of hydrogen-bond acceptors (Lipinski definition) is 5. The summed E-state index contributed by atoms with van der Waals surface area (Å²) >= 11 is 0. The van der Waals surface area contributed by atoms with Crippen LogP contribution in [0.15, 0.2) is 18.2 Å². The van der Waals surface area contributed by atoms with Crippen LogP contribution in [0.2, 0.25) is 0 Å². The quantitative estimate of drug-likeness (QED) is 0.653. The summed E-state index contributed by atoms with van der Waals surface area (Å²) in [6.45, 7) is 5.92. The second kappa shape index (κ2) is 5.66. The van der Waals surface area contributed by atoms with E-state index < -0.39 is 5.60 Å². The predicted octanol–water partition coefficient (Wildman–Crippen LogP) is 2.38. The van der Waals surface area contributed by atoms with E-state index in [0.717, 1.165) is 17.9 Å². The first-order valence-electron chi connectivity index (χ1n) is 6.92. The van der Waals surface area contributed by atoms with Crippen LogP contribution in [0.4, 0.5) is 17.1 Å². The molecule has 0 saturated carbocycles. The average molecular weight is 279 g/mol. The number of piperidine rings is 1. The minimum Gasteiger partial charge on any atom is -0.390 e. The fraction of sp³-hybridized carbons (Fsp3) is 0.571. The fourth-order valence-electron chi connectivity index (χ4n) is 2.44. The van der Waals surface area contributed by atoms with E-state index in [-0.39, 0.29) is 10.6 Å². The summed E-state index contributed by atoms with van der Waals surface area (Å²) in [4.78, 5) is 12.7. The number of nitro benzene ring substituents is 1. The first-order valence-corrected chi connectivity index (χ1v) is 6.92. The normalized spacial score (nSPS) is 17.9. The summed E-state index contributed by atoms with van der Waals surface area (Å²) in [5, 5.41) is 24.1. The van der Waals surface area contributed by atoms with Gasteiger partial charge in [-0.25, -0.2) is 0 Å². The van der Waals surface area contributed by atoms with Crippen LogP contribution in [0.5, 0.6) is 0 Å². The number of nitrogens with zero attached hydrogens (tertiary/aromatic N) is 2. The van der Waals surface area contributed by atoms with E-state index in [2.05, 4.69) is 10.2 Å². The number of rotatable bonds is 4. The average Bonchev–Trinajstić information content (AvgIpc) is 2.38. The second-order valence-electron chi connectivity index (χ2n) is 5.51. The zero-order valence-corrected chi connectivity index (χ0v) is 11.9. The molecular weight excluding hydrogens is 258 g/mol. The van der Waals surface area contributed by atoms with Crippen molar-refractivity contribution in [1.82, 2.24) is 0 Å². The van der Waals surface area contributed by atoms with Crippen molar-refractivity contribution in [3.8, 4) is 0 Å². The lowest BCUT2D eigenvalue weighted by Crippen LogP contribution is -2.42. The van der Waals surface area contributed by atoms with Crippen molar-refractivity contribution in [3.63, 3.8) is 0 Å². The molecule has 1 aliphatic rings. The third kappa shape index (κ3) is 3.39. The lowest BCUT2D eigenvalue weighted by molar-refractivity contribution is -0.384. The molecule has 110 valence electrons. The maximum Gasteiger partial charge on any atom is 0.273 e. The largest absolute Gasteiger partial charge is 0.390 e. The number of nitro groups is 1. The van der Waals surface area contributed by atoms with Crippen LogP contribution >= 0.6 is 0 Å². The Bertz CT molecular complexity index is 492. The Morgan fingerprint density at radius 3 is 2.60 bits per heavy atom. The first-order chi connectivity index (χ1) is 9.41. The van der Waals surface area contributed by atoms with Crippen molar-refractivity contribution >= 4 is 17.1 Å². The van der Waals surface area contributed by atoms with Crippen LogP contribution in [0.25, 0.3) is 0 Å². The number of aliphatic hydroxyl groups is 1. The number of nitrogens with one attached hydrogen (secondary N) is 1. The van der Waals surface area contributed by atoms with Gasteiger partial charge in [-0.1, -0.05) is 0 Å². The number of benzene rings is 1. The van der Waals surface area contributed by atoms with Gasteiger partial charge in [-0.3, -0.25) is 10.1 Å². The molecule has 1 saturated heterocycles. The summed E-state index contributed by atoms with van der Waals surface area (Å²) in [6, 6.07) is 5.07. The third-order valence-electron chi connectivity index (χ3n) is 3.70. The molecule has 2 N–H and O–H groups in total. The summed E-state index contributed by atoms with van der Waals surface area (Å²) in [7, 11) is 0. The van der Waals surface area contributed by atoms with Crippen LogP contribution in [-0.4, -0.2) is 35.3 Å². The maximum absolute atomic E-state index is 11.0. The van der Waals surface area contributed by atoms with Gasteiger partial charge in [0.25, 0.3) is 5.69 Å². The molecule has 6 nitrogen and oxygen atoms in total. The molecule has 1 aromatic carbocycles. The molecule has 6 heteroatoms. The van der Waals surface area contributed by atoms with Gasteiger partial charge in [0.1, 0.15) is 0 Å². The Balaban J connectivity index is 2.24. The molecule has 0 aliphatic carbocycles. The van der Waals surface area contributed by atoms with Gasteiger partial charge in [0.15, 0.2) is 0 Å². The molecule has 1 aromatic rings. The Kier molecular flexibility index (Phi) is 4.13. The first kappa shape index (κ1) is 14.6. The van der Waals surface area contributed by atoms with Crippen molar-refractivity contribution in [2.75, 3.05) is 29.9 Å². The van der Waals surface area contributed by atoms with Crippen LogP contribution in [0, 0.1) is 10.1 Å². The van der Waals surface area contributed by atoms with Crippen molar-refractivity contribution < 1.29 is 10.0 Å². The third-order valence-corrected chi connectivity index (χ3v) is 3.70. The standard InChI is InChI=1S/C14H21N3O3/c1-3-15-11-8-12(10-13(9-11)17(19)20)16-6-4-14(2,18)5-7-16/h8-10,15,18H,3-7H2,1-2H3. The van der Waals surface area contributed by atoms with E-state index in [0.29, 0.717) is 25.9 Å². The van der Waals surface area contributed by atoms with Gasteiger partial charge >= 0.3 is 0 Å². The molecule has 0 unspecified atom stereocenters. The van der Waals surface area contributed by atoms with Crippen molar-refractivity contribution in [1.29, 1.82) is 0 Å². The lowest BCUT2D eigenvalue weighted by atomic mass is 9.93. The van der Waals surface area contributed by atoms with Crippen molar-refractivity contribution in [2.45, 2.75) is 32.3 Å². The zero-order valence-electron chi connectivity index (χ0n) is 11.9. The van der Waals surface area contributed by atoms with Gasteiger partial charge in [-0.05, 0) is 32.8 Å². The smallest absolute Gasteiger partial charge is 0.273 e. The Labute approximate surface area is 118 Å². The highest BCUT2D eigenvalue weighted by Crippen LogP contribution is 2.31. The van der Waals surface area contributed by atoms with E-state index in [4.69, 9.17) is 0 Å². The fourth-order valence-corrected chi connectivity index (χ4v) is 2.44. The molecule has 0 amide bonds. The van der Waals surface area contributed by atoms with Gasteiger partial charge in [0.2, 0.25) is 0 Å². The molecule has 2 rings (SSSR count). The predicted molar refractivity (Wildman–Crippen MR) is 79.3 cm³/mol. The monoisotopic (exact) mass is 279 g/mol. The number of hydrogen-bond donors (Lipinski definition) is 2. The Morgan fingerprint density at radius 1 is 1.40 bits per heavy atom. The van der Waals surface area contributed by atoms with Crippen LogP contribution < -0.4 is 10.2 Å². The molecule has 0 atom stereocenters. The molecule has 0 radical (unpaired) electrons. The summed E-state index contributed by atoms with van der Waals surface area (Å²) < 4.78 is 0. The molecular formula is C14H21N3O3. The zero-order chi connectivity index (χ0) is 14.8. The van der Waals surface area contributed by atoms with E-state index in [9.17, 15) is 15.2 Å². The van der Waals surface area contributed by atoms with Crippen LogP contribution in [-0.2, 0) is 0 Å². The molecule has 0 spiro atoms. The molecule has 1 heterocycles. The van der Waals surface area contributed by atoms with Crippen molar-refractivity contribution in [3.05, 3.63) is 28.3 Å². The maximum atomic E-state index is 11.0. The minimum absolute atomic E-state index is 0.0933. The van der Waals surface area contributed by atoms with Gasteiger partial charge in [-0.15, -0.1) is 0 Å². The lowest BCUT2D eigenvalue weighted by Gasteiger charge is -2.37. The summed E-state index contributed by atoms with van der Waals surface area (Å²) in [5.41, 5.74) is 1.07. The molecule has 0 aromatic heterocycles. The van der Waals surface area contributed by atoms with E-state index >= 15 is 0 Å². The summed E-state index contributed by atoms with van der Waals surface area (Å²) in [6.07, 6.45) is 1.35. The van der Waals surface area contributed by atoms with E-state index in [1.807, 2.05) is 19.9 Å². The van der Waals surface area contributed by atoms with Gasteiger partial charge in [-0.2, -0.15) is 0 Å². The summed E-state index contributed by atoms with van der Waals surface area (Å²) in [5.74, 6) is 0. The topological polar surface area (TPSA) is 78.6 Å². The highest BCUT2D eigenvalue weighted by Gasteiger charge is 2.28. The SMILES string of the molecule is CCNc1cc(N2CCC(C)(O)CC2)cc([N+](=O)[O-])c1. The minimum atomic E-state index is -0.623. The van der Waals surface area contributed by atoms with Crippen molar-refractivity contribution in [2.24, 2.45) is 0 Å². The van der Waals surface area contributed by atoms with Gasteiger partial charge in [0, 0.05) is 43.1 Å². The van der Waals surface area contributed by atoms with Gasteiger partial charge in [0.05, 0.1) is 10.5 Å². The number of non-ortho nitro benzene ring substituents is 1. The van der Waals surface area contributed by atoms with Gasteiger partial charge < -0.3 is 15.3 Å². The van der Waals surface area contributed by atoms with Crippen LogP contribution in [0.1, 0.15) is 26.7 Å². The molecule has 1 fully saturated rings. The van der Waals surface area contributed by atoms with Crippen LogP contribution in [0.3, 0.4) is 0 Å². The Morgan fingerprint density at radius 2 is 2.05 bits per heavy atom. The number of anilines is 2. The molecule has 20 heavy (non-hydrogen) atoms. The highest BCUT2D eigenvalue weighted by molar-refractivity contribution is 5.64.